The minimum absolute atomic E-state index is 0.0840. The molecule has 1 amide bonds. The second kappa shape index (κ2) is 9.21. The fourth-order valence-electron chi connectivity index (χ4n) is 1.92. The highest BCUT2D eigenvalue weighted by molar-refractivity contribution is 8.00. The van der Waals surface area contributed by atoms with Crippen LogP contribution in [0.3, 0.4) is 0 Å². The number of nitrogens with zero attached hydrogens (tertiary/aromatic N) is 1. The lowest BCUT2D eigenvalue weighted by Crippen LogP contribution is -2.21. The van der Waals surface area contributed by atoms with Crippen LogP contribution in [0.1, 0.15) is 5.56 Å². The minimum atomic E-state index is -0.648. The number of ether oxygens (including phenoxy) is 1. The highest BCUT2D eigenvalue weighted by Crippen LogP contribution is 2.28. The first kappa shape index (κ1) is 19.7. The van der Waals surface area contributed by atoms with Gasteiger partial charge in [-0.1, -0.05) is 29.8 Å². The Hall–Kier alpha value is -2.58. The van der Waals surface area contributed by atoms with Gasteiger partial charge in [0.1, 0.15) is 0 Å². The van der Waals surface area contributed by atoms with Gasteiger partial charge in [-0.2, -0.15) is 0 Å². The lowest BCUT2D eigenvalue weighted by atomic mass is 10.2. The number of esters is 1. The van der Waals surface area contributed by atoms with Crippen molar-refractivity contribution in [1.29, 1.82) is 0 Å². The lowest BCUT2D eigenvalue weighted by Gasteiger charge is -2.08. The summed E-state index contributed by atoms with van der Waals surface area (Å²) in [6, 6.07) is 11.1. The van der Waals surface area contributed by atoms with E-state index in [1.54, 1.807) is 36.4 Å². The number of nitro groups is 1. The molecule has 0 saturated heterocycles. The summed E-state index contributed by atoms with van der Waals surface area (Å²) in [7, 11) is 0. The van der Waals surface area contributed by atoms with Gasteiger partial charge < -0.3 is 10.1 Å². The van der Waals surface area contributed by atoms with Crippen molar-refractivity contribution in [2.24, 2.45) is 0 Å². The molecule has 0 heterocycles. The maximum atomic E-state index is 11.8. The van der Waals surface area contributed by atoms with Crippen LogP contribution in [0.25, 0.3) is 0 Å². The second-order valence-corrected chi connectivity index (χ2v) is 6.61. The summed E-state index contributed by atoms with van der Waals surface area (Å²) in [5.41, 5.74) is 1.29. The number of thioether (sulfide) groups is 1. The SMILES string of the molecule is Cc1ccc(NC(=O)COC(=O)CSc2ccccc2[N+](=O)[O-])cc1Cl. The molecule has 7 nitrogen and oxygen atoms in total. The van der Waals surface area contributed by atoms with Crippen molar-refractivity contribution in [2.75, 3.05) is 17.7 Å². The molecule has 0 radical (unpaired) electrons. The minimum Gasteiger partial charge on any atom is -0.455 e. The van der Waals surface area contributed by atoms with Crippen molar-refractivity contribution in [1.82, 2.24) is 0 Å². The quantitative estimate of drug-likeness (QED) is 0.331. The number of benzene rings is 2. The summed E-state index contributed by atoms with van der Waals surface area (Å²) in [5.74, 6) is -1.30. The van der Waals surface area contributed by atoms with Gasteiger partial charge in [0.2, 0.25) is 0 Å². The van der Waals surface area contributed by atoms with Gasteiger partial charge in [-0.25, -0.2) is 0 Å². The van der Waals surface area contributed by atoms with E-state index >= 15 is 0 Å². The molecule has 0 atom stereocenters. The van der Waals surface area contributed by atoms with Crippen molar-refractivity contribution in [3.8, 4) is 0 Å². The predicted molar refractivity (Wildman–Crippen MR) is 99.6 cm³/mol. The molecule has 0 aliphatic carbocycles. The number of nitrogens with one attached hydrogen (secondary N) is 1. The summed E-state index contributed by atoms with van der Waals surface area (Å²) >= 11 is 6.95. The molecule has 26 heavy (non-hydrogen) atoms. The maximum absolute atomic E-state index is 11.8. The number of hydrogen-bond acceptors (Lipinski definition) is 6. The summed E-state index contributed by atoms with van der Waals surface area (Å²) < 4.78 is 4.88. The van der Waals surface area contributed by atoms with E-state index in [1.165, 1.54) is 6.07 Å². The number of hydrogen-bond donors (Lipinski definition) is 1. The predicted octanol–water partition coefficient (Wildman–Crippen LogP) is 3.83. The monoisotopic (exact) mass is 394 g/mol. The Morgan fingerprint density at radius 3 is 2.69 bits per heavy atom. The Labute approximate surface area is 158 Å². The van der Waals surface area contributed by atoms with Gasteiger partial charge in [0.15, 0.2) is 6.61 Å². The van der Waals surface area contributed by atoms with Gasteiger partial charge in [-0.15, -0.1) is 11.8 Å². The van der Waals surface area contributed by atoms with E-state index in [0.29, 0.717) is 15.6 Å². The van der Waals surface area contributed by atoms with E-state index in [0.717, 1.165) is 17.3 Å². The van der Waals surface area contributed by atoms with Crippen molar-refractivity contribution < 1.29 is 19.2 Å². The smallest absolute Gasteiger partial charge is 0.316 e. The van der Waals surface area contributed by atoms with Crippen molar-refractivity contribution in [3.05, 3.63) is 63.2 Å². The first-order valence-corrected chi connectivity index (χ1v) is 8.81. The van der Waals surface area contributed by atoms with Crippen molar-refractivity contribution in [3.63, 3.8) is 0 Å². The van der Waals surface area contributed by atoms with Crippen LogP contribution in [0.5, 0.6) is 0 Å². The van der Waals surface area contributed by atoms with Crippen molar-refractivity contribution >= 4 is 46.6 Å². The Kier molecular flexibility index (Phi) is 6.99. The van der Waals surface area contributed by atoms with Gasteiger partial charge in [0, 0.05) is 16.8 Å². The number of aryl methyl sites for hydroxylation is 1. The number of carbonyl (C=O) groups is 2. The summed E-state index contributed by atoms with van der Waals surface area (Å²) in [5, 5.41) is 14.0. The average Bonchev–Trinajstić information content (AvgIpc) is 2.61. The molecule has 2 aromatic rings. The van der Waals surface area contributed by atoms with Crippen LogP contribution in [0.4, 0.5) is 11.4 Å². The number of halogens is 1. The zero-order valence-electron chi connectivity index (χ0n) is 13.7. The van der Waals surface area contributed by atoms with Crippen LogP contribution in [-0.2, 0) is 14.3 Å². The first-order valence-electron chi connectivity index (χ1n) is 7.44. The standard InChI is InChI=1S/C17H15ClN2O5S/c1-11-6-7-12(8-13(11)18)19-16(21)9-25-17(22)10-26-15-5-3-2-4-14(15)20(23)24/h2-8H,9-10H2,1H3,(H,19,21). The Bertz CT molecular complexity index is 844. The van der Waals surface area contributed by atoms with Gasteiger partial charge in [0.25, 0.3) is 11.6 Å². The number of rotatable bonds is 7. The maximum Gasteiger partial charge on any atom is 0.316 e. The van der Waals surface area contributed by atoms with Crippen LogP contribution in [0.2, 0.25) is 5.02 Å². The zero-order chi connectivity index (χ0) is 19.1. The molecule has 0 bridgehead atoms. The van der Waals surface area contributed by atoms with E-state index < -0.39 is 23.4 Å². The molecular weight excluding hydrogens is 380 g/mol. The van der Waals surface area contributed by atoms with E-state index in [-0.39, 0.29) is 11.4 Å². The molecule has 0 fully saturated rings. The number of nitro benzene ring substituents is 1. The topological polar surface area (TPSA) is 98.5 Å². The van der Waals surface area contributed by atoms with Gasteiger partial charge in [-0.05, 0) is 30.7 Å². The molecule has 0 aromatic heterocycles. The molecule has 0 saturated carbocycles. The van der Waals surface area contributed by atoms with Crippen LogP contribution in [-0.4, -0.2) is 29.2 Å². The Balaban J connectivity index is 1.80. The fourth-order valence-corrected chi connectivity index (χ4v) is 2.92. The Morgan fingerprint density at radius 2 is 2.00 bits per heavy atom. The number of amides is 1. The molecule has 2 aromatic carbocycles. The third kappa shape index (κ3) is 5.75. The molecule has 0 aliphatic heterocycles. The third-order valence-electron chi connectivity index (χ3n) is 3.23. The van der Waals surface area contributed by atoms with Crippen LogP contribution in [0, 0.1) is 17.0 Å². The van der Waals surface area contributed by atoms with Crippen LogP contribution >= 0.6 is 23.4 Å². The van der Waals surface area contributed by atoms with Crippen molar-refractivity contribution in [2.45, 2.75) is 11.8 Å². The van der Waals surface area contributed by atoms with Gasteiger partial charge in [-0.3, -0.25) is 19.7 Å². The van der Waals surface area contributed by atoms with Crippen LogP contribution in [0.15, 0.2) is 47.4 Å². The molecule has 0 spiro atoms. The molecule has 9 heteroatoms. The molecule has 0 aliphatic rings. The lowest BCUT2D eigenvalue weighted by molar-refractivity contribution is -0.387. The summed E-state index contributed by atoms with van der Waals surface area (Å²) in [6.45, 7) is 1.38. The summed E-state index contributed by atoms with van der Waals surface area (Å²) in [6.07, 6.45) is 0. The average molecular weight is 395 g/mol. The van der Waals surface area contributed by atoms with Gasteiger partial charge >= 0.3 is 5.97 Å². The summed E-state index contributed by atoms with van der Waals surface area (Å²) in [4.78, 5) is 34.3. The highest BCUT2D eigenvalue weighted by atomic mass is 35.5. The Morgan fingerprint density at radius 1 is 1.27 bits per heavy atom. The van der Waals surface area contributed by atoms with E-state index in [4.69, 9.17) is 16.3 Å². The molecule has 1 N–H and O–H groups in total. The van der Waals surface area contributed by atoms with Gasteiger partial charge in [0.05, 0.1) is 15.6 Å². The molecule has 0 unspecified atom stereocenters. The molecular formula is C17H15ClN2O5S. The first-order chi connectivity index (χ1) is 12.4. The number of anilines is 1. The number of carbonyl (C=O) groups excluding carboxylic acids is 2. The van der Waals surface area contributed by atoms with E-state index in [9.17, 15) is 19.7 Å². The van der Waals surface area contributed by atoms with E-state index in [1.807, 2.05) is 6.92 Å². The normalized spacial score (nSPS) is 10.2. The second-order valence-electron chi connectivity index (χ2n) is 5.19. The zero-order valence-corrected chi connectivity index (χ0v) is 15.3. The fraction of sp³-hybridized carbons (Fsp3) is 0.176. The third-order valence-corrected chi connectivity index (χ3v) is 4.67. The highest BCUT2D eigenvalue weighted by Gasteiger charge is 2.15. The van der Waals surface area contributed by atoms with Crippen LogP contribution < -0.4 is 5.32 Å². The molecule has 2 rings (SSSR count). The molecule has 136 valence electrons. The largest absolute Gasteiger partial charge is 0.455 e. The van der Waals surface area contributed by atoms with E-state index in [2.05, 4.69) is 5.32 Å². The number of para-hydroxylation sites is 1.